The summed E-state index contributed by atoms with van der Waals surface area (Å²) in [5.74, 6) is -0.289. The summed E-state index contributed by atoms with van der Waals surface area (Å²) in [5.41, 5.74) is 1.52. The number of sulfonamides is 1. The van der Waals surface area contributed by atoms with Crippen molar-refractivity contribution in [2.24, 2.45) is 0 Å². The number of carbonyl (C=O) groups is 2. The number of hydrogen-bond acceptors (Lipinski definition) is 5. The van der Waals surface area contributed by atoms with Crippen molar-refractivity contribution in [3.8, 4) is 5.75 Å². The van der Waals surface area contributed by atoms with Crippen LogP contribution in [0.3, 0.4) is 0 Å². The second-order valence-corrected chi connectivity index (χ2v) is 9.02. The molecule has 1 saturated heterocycles. The predicted octanol–water partition coefficient (Wildman–Crippen LogP) is 2.76. The highest BCUT2D eigenvalue weighted by Gasteiger charge is 2.27. The normalized spacial score (nSPS) is 15.1. The molecule has 0 saturated carbocycles. The van der Waals surface area contributed by atoms with Crippen LogP contribution in [0.1, 0.15) is 42.6 Å². The quantitative estimate of drug-likeness (QED) is 0.562. The van der Waals surface area contributed by atoms with Crippen LogP contribution in [0.15, 0.2) is 53.4 Å². The van der Waals surface area contributed by atoms with Crippen molar-refractivity contribution in [3.05, 3.63) is 59.7 Å². The molecule has 0 unspecified atom stereocenters. The van der Waals surface area contributed by atoms with Gasteiger partial charge >= 0.3 is 5.97 Å². The van der Waals surface area contributed by atoms with Gasteiger partial charge in [0.15, 0.2) is 0 Å². The number of amides is 1. The van der Waals surface area contributed by atoms with Crippen LogP contribution in [-0.2, 0) is 21.2 Å². The van der Waals surface area contributed by atoms with E-state index in [1.165, 1.54) is 6.92 Å². The summed E-state index contributed by atoms with van der Waals surface area (Å²) in [6, 6.07) is 13.1. The van der Waals surface area contributed by atoms with Crippen LogP contribution >= 0.6 is 0 Å². The van der Waals surface area contributed by atoms with E-state index in [0.29, 0.717) is 37.2 Å². The Hall–Kier alpha value is -2.71. The molecule has 2 aromatic carbocycles. The number of aryl methyl sites for hydroxylation is 1. The van der Waals surface area contributed by atoms with Gasteiger partial charge in [0, 0.05) is 31.6 Å². The Kier molecular flexibility index (Phi) is 6.89. The summed E-state index contributed by atoms with van der Waals surface area (Å²) in [6.07, 6.45) is 1.91. The molecular weight excluding hydrogens is 404 g/mol. The van der Waals surface area contributed by atoms with Crippen LogP contribution in [0.4, 0.5) is 0 Å². The molecule has 0 spiro atoms. The van der Waals surface area contributed by atoms with Crippen LogP contribution in [0.5, 0.6) is 5.75 Å². The smallest absolute Gasteiger partial charge is 0.308 e. The molecule has 0 aromatic heterocycles. The standard InChI is InChI=1S/C22H26N2O5S/c1-3-17-7-9-21(10-8-17)30(27,28)23-19-11-13-24(14-12-19)22(26)18-5-4-6-20(15-18)29-16(2)25/h4-10,15,19,23H,3,11-14H2,1-2H3. The molecule has 1 heterocycles. The minimum atomic E-state index is -3.59. The molecule has 1 aliphatic heterocycles. The molecule has 1 aliphatic rings. The molecule has 0 bridgehead atoms. The van der Waals surface area contributed by atoms with E-state index in [4.69, 9.17) is 4.74 Å². The molecule has 1 amide bonds. The zero-order valence-corrected chi connectivity index (χ0v) is 17.9. The van der Waals surface area contributed by atoms with Gasteiger partial charge in [0.2, 0.25) is 10.0 Å². The van der Waals surface area contributed by atoms with E-state index in [1.807, 2.05) is 19.1 Å². The second kappa shape index (κ2) is 9.40. The van der Waals surface area contributed by atoms with Crippen LogP contribution in [0, 0.1) is 0 Å². The first-order valence-electron chi connectivity index (χ1n) is 9.97. The predicted molar refractivity (Wildman–Crippen MR) is 113 cm³/mol. The van der Waals surface area contributed by atoms with Crippen LogP contribution in [0.25, 0.3) is 0 Å². The lowest BCUT2D eigenvalue weighted by molar-refractivity contribution is -0.131. The highest BCUT2D eigenvalue weighted by Crippen LogP contribution is 2.20. The number of hydrogen-bond donors (Lipinski definition) is 1. The van der Waals surface area contributed by atoms with Crippen LogP contribution in [0.2, 0.25) is 0 Å². The van der Waals surface area contributed by atoms with Crippen molar-refractivity contribution >= 4 is 21.9 Å². The molecular formula is C22H26N2O5S. The number of ether oxygens (including phenoxy) is 1. The summed E-state index contributed by atoms with van der Waals surface area (Å²) in [5, 5.41) is 0. The Labute approximate surface area is 177 Å². The first-order chi connectivity index (χ1) is 14.3. The van der Waals surface area contributed by atoms with E-state index in [-0.39, 0.29) is 16.8 Å². The molecule has 0 atom stereocenters. The summed E-state index contributed by atoms with van der Waals surface area (Å²) in [7, 11) is -3.59. The topological polar surface area (TPSA) is 92.8 Å². The third-order valence-electron chi connectivity index (χ3n) is 5.09. The van der Waals surface area contributed by atoms with Gasteiger partial charge in [-0.1, -0.05) is 25.1 Å². The third-order valence-corrected chi connectivity index (χ3v) is 6.62. The Morgan fingerprint density at radius 1 is 1.10 bits per heavy atom. The van der Waals surface area contributed by atoms with Gasteiger partial charge in [-0.3, -0.25) is 9.59 Å². The first-order valence-corrected chi connectivity index (χ1v) is 11.5. The molecule has 7 nitrogen and oxygen atoms in total. The number of rotatable bonds is 6. The third kappa shape index (κ3) is 5.46. The van der Waals surface area contributed by atoms with Gasteiger partial charge in [-0.05, 0) is 55.2 Å². The second-order valence-electron chi connectivity index (χ2n) is 7.31. The molecule has 8 heteroatoms. The minimum absolute atomic E-state index is 0.166. The number of likely N-dealkylation sites (tertiary alicyclic amines) is 1. The molecule has 30 heavy (non-hydrogen) atoms. The molecule has 2 aromatic rings. The summed E-state index contributed by atoms with van der Waals surface area (Å²) >= 11 is 0. The van der Waals surface area contributed by atoms with E-state index >= 15 is 0 Å². The number of benzene rings is 2. The van der Waals surface area contributed by atoms with E-state index in [1.54, 1.807) is 41.3 Å². The molecule has 0 aliphatic carbocycles. The summed E-state index contributed by atoms with van der Waals surface area (Å²) in [6.45, 7) is 4.21. The highest BCUT2D eigenvalue weighted by molar-refractivity contribution is 7.89. The molecule has 0 radical (unpaired) electrons. The number of nitrogens with one attached hydrogen (secondary N) is 1. The van der Waals surface area contributed by atoms with E-state index < -0.39 is 16.0 Å². The minimum Gasteiger partial charge on any atom is -0.427 e. The lowest BCUT2D eigenvalue weighted by Crippen LogP contribution is -2.46. The molecule has 3 rings (SSSR count). The number of esters is 1. The van der Waals surface area contributed by atoms with Crippen molar-refractivity contribution in [1.82, 2.24) is 9.62 Å². The maximum atomic E-state index is 12.8. The SMILES string of the molecule is CCc1ccc(S(=O)(=O)NC2CCN(C(=O)c3cccc(OC(C)=O)c3)CC2)cc1. The zero-order valence-electron chi connectivity index (χ0n) is 17.1. The van der Waals surface area contributed by atoms with E-state index in [2.05, 4.69) is 4.72 Å². The number of carbonyl (C=O) groups excluding carboxylic acids is 2. The average Bonchev–Trinajstić information content (AvgIpc) is 2.73. The monoisotopic (exact) mass is 430 g/mol. The van der Waals surface area contributed by atoms with Gasteiger partial charge in [0.1, 0.15) is 5.75 Å². The van der Waals surface area contributed by atoms with Crippen molar-refractivity contribution in [1.29, 1.82) is 0 Å². The lowest BCUT2D eigenvalue weighted by Gasteiger charge is -2.32. The van der Waals surface area contributed by atoms with E-state index in [0.717, 1.165) is 12.0 Å². The maximum absolute atomic E-state index is 12.8. The first kappa shape index (κ1) is 22.0. The maximum Gasteiger partial charge on any atom is 0.308 e. The zero-order chi connectivity index (χ0) is 21.7. The Morgan fingerprint density at radius 2 is 1.77 bits per heavy atom. The lowest BCUT2D eigenvalue weighted by atomic mass is 10.0. The highest BCUT2D eigenvalue weighted by atomic mass is 32.2. The fraction of sp³-hybridized carbons (Fsp3) is 0.364. The largest absolute Gasteiger partial charge is 0.427 e. The van der Waals surface area contributed by atoms with Gasteiger partial charge < -0.3 is 9.64 Å². The molecule has 1 N–H and O–H groups in total. The number of nitrogens with zero attached hydrogens (tertiary/aromatic N) is 1. The molecule has 160 valence electrons. The van der Waals surface area contributed by atoms with Crippen LogP contribution in [-0.4, -0.2) is 44.3 Å². The van der Waals surface area contributed by atoms with Gasteiger partial charge in [-0.25, -0.2) is 13.1 Å². The van der Waals surface area contributed by atoms with E-state index in [9.17, 15) is 18.0 Å². The number of piperidine rings is 1. The van der Waals surface area contributed by atoms with Crippen molar-refractivity contribution in [2.45, 2.75) is 44.0 Å². The van der Waals surface area contributed by atoms with Gasteiger partial charge in [0.05, 0.1) is 4.90 Å². The fourth-order valence-electron chi connectivity index (χ4n) is 3.43. The Balaban J connectivity index is 1.59. The van der Waals surface area contributed by atoms with Crippen LogP contribution < -0.4 is 9.46 Å². The van der Waals surface area contributed by atoms with Crippen molar-refractivity contribution < 1.29 is 22.7 Å². The Bertz CT molecular complexity index is 1010. The Morgan fingerprint density at radius 3 is 2.37 bits per heavy atom. The van der Waals surface area contributed by atoms with Gasteiger partial charge in [0.25, 0.3) is 5.91 Å². The van der Waals surface area contributed by atoms with Crippen molar-refractivity contribution in [3.63, 3.8) is 0 Å². The van der Waals surface area contributed by atoms with Gasteiger partial charge in [-0.15, -0.1) is 0 Å². The van der Waals surface area contributed by atoms with Gasteiger partial charge in [-0.2, -0.15) is 0 Å². The molecule has 1 fully saturated rings. The van der Waals surface area contributed by atoms with Crippen molar-refractivity contribution in [2.75, 3.05) is 13.1 Å². The fourth-order valence-corrected chi connectivity index (χ4v) is 4.74. The summed E-state index contributed by atoms with van der Waals surface area (Å²) in [4.78, 5) is 25.8. The average molecular weight is 431 g/mol. The summed E-state index contributed by atoms with van der Waals surface area (Å²) < 4.78 is 33.0.